The van der Waals surface area contributed by atoms with Crippen LogP contribution in [0.2, 0.25) is 0 Å². The molecule has 0 atom stereocenters. The fraction of sp³-hybridized carbons (Fsp3) is 0.286. The van der Waals surface area contributed by atoms with Gasteiger partial charge in [-0.2, -0.15) is 0 Å². The van der Waals surface area contributed by atoms with Crippen molar-refractivity contribution in [3.63, 3.8) is 0 Å². The number of rotatable bonds is 2. The maximum atomic E-state index is 3.96. The summed E-state index contributed by atoms with van der Waals surface area (Å²) in [6.45, 7) is 0.897. The van der Waals surface area contributed by atoms with Gasteiger partial charge in [-0.25, -0.2) is 0 Å². The second-order valence-corrected chi connectivity index (χ2v) is 1.89. The van der Waals surface area contributed by atoms with Gasteiger partial charge in [-0.3, -0.25) is 4.98 Å². The Labute approximate surface area is 91.4 Å². The number of nitrogens with one attached hydrogen (secondary N) is 1. The van der Waals surface area contributed by atoms with Crippen molar-refractivity contribution in [2.45, 2.75) is 6.54 Å². The Balaban J connectivity index is -0.000000270. The molecule has 0 aliphatic heterocycles. The minimum atomic E-state index is 0. The molecule has 0 aliphatic carbocycles. The van der Waals surface area contributed by atoms with Gasteiger partial charge in [0.25, 0.3) is 0 Å². The molecule has 0 aliphatic rings. The van der Waals surface area contributed by atoms with E-state index in [1.165, 1.54) is 5.56 Å². The highest BCUT2D eigenvalue weighted by molar-refractivity contribution is 5.86. The Bertz CT molecular complexity index is 170. The van der Waals surface area contributed by atoms with E-state index >= 15 is 0 Å². The van der Waals surface area contributed by atoms with Gasteiger partial charge in [-0.15, -0.1) is 37.2 Å². The van der Waals surface area contributed by atoms with E-state index in [0.717, 1.165) is 6.54 Å². The van der Waals surface area contributed by atoms with Crippen molar-refractivity contribution in [1.29, 1.82) is 0 Å². The van der Waals surface area contributed by atoms with Gasteiger partial charge in [0.05, 0.1) is 0 Å². The van der Waals surface area contributed by atoms with Crippen molar-refractivity contribution in [3.8, 4) is 0 Å². The third-order valence-corrected chi connectivity index (χ3v) is 1.10. The zero-order chi connectivity index (χ0) is 6.53. The maximum absolute atomic E-state index is 3.96. The number of hydrogen-bond acceptors (Lipinski definition) is 2. The van der Waals surface area contributed by atoms with E-state index in [0.29, 0.717) is 0 Å². The highest BCUT2D eigenvalue weighted by Crippen LogP contribution is 1.92. The van der Waals surface area contributed by atoms with E-state index in [9.17, 15) is 0 Å². The Kier molecular flexibility index (Phi) is 16.4. The lowest BCUT2D eigenvalue weighted by Gasteiger charge is -1.95. The summed E-state index contributed by atoms with van der Waals surface area (Å²) in [6.07, 6.45) is 3.63. The summed E-state index contributed by atoms with van der Waals surface area (Å²) >= 11 is 0. The van der Waals surface area contributed by atoms with Gasteiger partial charge in [0, 0.05) is 18.9 Å². The van der Waals surface area contributed by atoms with Gasteiger partial charge in [-0.05, 0) is 18.7 Å². The van der Waals surface area contributed by atoms with Crippen LogP contribution in [-0.4, -0.2) is 12.0 Å². The molecule has 0 unspecified atom stereocenters. The average Bonchev–Trinajstić information content (AvgIpc) is 1.91. The van der Waals surface area contributed by atoms with E-state index in [-0.39, 0.29) is 37.2 Å². The molecular formula is C7H13Cl3N2. The second kappa shape index (κ2) is 11.0. The standard InChI is InChI=1S/C7H10N2.3ClH/c1-8-5-7-3-2-4-9-6-7;;;/h2-4,6,8H,5H2,1H3;3*1H. The minimum absolute atomic E-state index is 0. The van der Waals surface area contributed by atoms with Crippen LogP contribution < -0.4 is 5.32 Å². The average molecular weight is 232 g/mol. The summed E-state index contributed by atoms with van der Waals surface area (Å²) in [5.74, 6) is 0. The van der Waals surface area contributed by atoms with Gasteiger partial charge >= 0.3 is 0 Å². The van der Waals surface area contributed by atoms with Gasteiger partial charge in [0.1, 0.15) is 0 Å². The van der Waals surface area contributed by atoms with Gasteiger partial charge in [-0.1, -0.05) is 6.07 Å². The Morgan fingerprint density at radius 1 is 1.33 bits per heavy atom. The predicted molar refractivity (Wildman–Crippen MR) is 58.7 cm³/mol. The second-order valence-electron chi connectivity index (χ2n) is 1.89. The molecule has 2 nitrogen and oxygen atoms in total. The van der Waals surface area contributed by atoms with Gasteiger partial charge < -0.3 is 5.32 Å². The van der Waals surface area contributed by atoms with Crippen molar-refractivity contribution < 1.29 is 0 Å². The van der Waals surface area contributed by atoms with Crippen molar-refractivity contribution >= 4 is 37.2 Å². The first-order valence-electron chi connectivity index (χ1n) is 2.97. The highest BCUT2D eigenvalue weighted by atomic mass is 35.5. The predicted octanol–water partition coefficient (Wildman–Crippen LogP) is 2.07. The van der Waals surface area contributed by atoms with Crippen molar-refractivity contribution in [3.05, 3.63) is 30.1 Å². The van der Waals surface area contributed by atoms with Crippen LogP contribution in [0.25, 0.3) is 0 Å². The molecule has 0 spiro atoms. The molecule has 72 valence electrons. The maximum Gasteiger partial charge on any atom is 0.0312 e. The number of hydrogen-bond donors (Lipinski definition) is 1. The SMILES string of the molecule is CNCc1cccnc1.Cl.Cl.Cl. The van der Waals surface area contributed by atoms with Crippen molar-refractivity contribution in [1.82, 2.24) is 10.3 Å². The Hall–Kier alpha value is -0.0200. The normalized spacial score (nSPS) is 7.08. The third kappa shape index (κ3) is 6.68. The molecular weight excluding hydrogens is 218 g/mol. The molecule has 0 saturated carbocycles. The molecule has 0 fully saturated rings. The molecule has 12 heavy (non-hydrogen) atoms. The first kappa shape index (κ1) is 17.9. The smallest absolute Gasteiger partial charge is 0.0312 e. The van der Waals surface area contributed by atoms with Crippen molar-refractivity contribution in [2.24, 2.45) is 0 Å². The minimum Gasteiger partial charge on any atom is -0.316 e. The van der Waals surface area contributed by atoms with Gasteiger partial charge in [0.2, 0.25) is 0 Å². The topological polar surface area (TPSA) is 24.9 Å². The van der Waals surface area contributed by atoms with Crippen molar-refractivity contribution in [2.75, 3.05) is 7.05 Å². The fourth-order valence-corrected chi connectivity index (χ4v) is 0.707. The summed E-state index contributed by atoms with van der Waals surface area (Å²) in [6, 6.07) is 3.98. The lowest BCUT2D eigenvalue weighted by molar-refractivity contribution is 0.813. The van der Waals surface area contributed by atoms with E-state index in [4.69, 9.17) is 0 Å². The zero-order valence-electron chi connectivity index (χ0n) is 6.69. The number of halogens is 3. The summed E-state index contributed by atoms with van der Waals surface area (Å²) in [4.78, 5) is 3.96. The number of pyridine rings is 1. The first-order chi connectivity index (χ1) is 4.43. The van der Waals surface area contributed by atoms with Crippen LogP contribution in [0.4, 0.5) is 0 Å². The van der Waals surface area contributed by atoms with Gasteiger partial charge in [0.15, 0.2) is 0 Å². The molecule has 0 saturated heterocycles. The zero-order valence-corrected chi connectivity index (χ0v) is 9.14. The molecule has 1 heterocycles. The summed E-state index contributed by atoms with van der Waals surface area (Å²) in [5.41, 5.74) is 1.22. The highest BCUT2D eigenvalue weighted by Gasteiger charge is 1.84. The van der Waals surface area contributed by atoms with E-state index < -0.39 is 0 Å². The van der Waals surface area contributed by atoms with Crippen LogP contribution >= 0.6 is 37.2 Å². The summed E-state index contributed by atoms with van der Waals surface area (Å²) in [5, 5.41) is 3.04. The van der Waals surface area contributed by atoms with Crippen LogP contribution in [0, 0.1) is 0 Å². The molecule has 0 radical (unpaired) electrons. The monoisotopic (exact) mass is 230 g/mol. The van der Waals surface area contributed by atoms with E-state index in [1.54, 1.807) is 6.20 Å². The molecule has 0 amide bonds. The van der Waals surface area contributed by atoms with E-state index in [1.807, 2.05) is 25.4 Å². The quantitative estimate of drug-likeness (QED) is 0.843. The Morgan fingerprint density at radius 2 is 2.00 bits per heavy atom. The third-order valence-electron chi connectivity index (χ3n) is 1.10. The molecule has 0 aromatic carbocycles. The van der Waals surface area contributed by atoms with Crippen LogP contribution in [0.1, 0.15) is 5.56 Å². The molecule has 1 aromatic heterocycles. The number of nitrogens with zero attached hydrogens (tertiary/aromatic N) is 1. The first-order valence-corrected chi connectivity index (χ1v) is 2.97. The van der Waals surface area contributed by atoms with Crippen LogP contribution in [0.5, 0.6) is 0 Å². The fourth-order valence-electron chi connectivity index (χ4n) is 0.707. The van der Waals surface area contributed by atoms with Crippen LogP contribution in [0.3, 0.4) is 0 Å². The molecule has 5 heteroatoms. The lowest BCUT2D eigenvalue weighted by Crippen LogP contribution is -2.04. The molecule has 1 aromatic rings. The lowest BCUT2D eigenvalue weighted by atomic mass is 10.3. The van der Waals surface area contributed by atoms with E-state index in [2.05, 4.69) is 10.3 Å². The summed E-state index contributed by atoms with van der Waals surface area (Å²) < 4.78 is 0. The van der Waals surface area contributed by atoms with Crippen LogP contribution in [-0.2, 0) is 6.54 Å². The Morgan fingerprint density at radius 3 is 2.42 bits per heavy atom. The molecule has 1 rings (SSSR count). The van der Waals surface area contributed by atoms with Crippen LogP contribution in [0.15, 0.2) is 24.5 Å². The number of aromatic nitrogens is 1. The summed E-state index contributed by atoms with van der Waals surface area (Å²) in [7, 11) is 1.92. The molecule has 1 N–H and O–H groups in total. The molecule has 0 bridgehead atoms. The largest absolute Gasteiger partial charge is 0.316 e.